The van der Waals surface area contributed by atoms with E-state index in [9.17, 15) is 9.90 Å². The van der Waals surface area contributed by atoms with Crippen LogP contribution < -0.4 is 0 Å². The number of carbonyl (C=O) groups is 1. The third-order valence-corrected chi connectivity index (χ3v) is 3.97. The van der Waals surface area contributed by atoms with Crippen molar-refractivity contribution in [3.63, 3.8) is 0 Å². The Hall–Kier alpha value is -1.35. The van der Waals surface area contributed by atoms with Crippen LogP contribution in [0.4, 0.5) is 0 Å². The number of hydrogen-bond donors (Lipinski definition) is 0. The summed E-state index contributed by atoms with van der Waals surface area (Å²) in [5.41, 5.74) is -0.196. The number of hydrogen-bond acceptors (Lipinski definition) is 2. The molecule has 3 heteroatoms. The van der Waals surface area contributed by atoms with Crippen LogP contribution in [-0.2, 0) is 15.4 Å². The predicted molar refractivity (Wildman–Crippen MR) is 69.5 cm³/mol. The van der Waals surface area contributed by atoms with Gasteiger partial charge in [-0.2, -0.15) is 0 Å². The lowest BCUT2D eigenvalue weighted by Crippen LogP contribution is -2.49. The normalized spacial score (nSPS) is 20.9. The molecule has 18 heavy (non-hydrogen) atoms. The lowest BCUT2D eigenvalue weighted by atomic mass is 9.89. The van der Waals surface area contributed by atoms with Crippen LogP contribution in [0.1, 0.15) is 38.2 Å². The maximum atomic E-state index is 11.7. The summed E-state index contributed by atoms with van der Waals surface area (Å²) in [6.45, 7) is 3.43. The molecule has 0 bridgehead atoms. The van der Waals surface area contributed by atoms with E-state index < -0.39 is 11.5 Å². The number of rotatable bonds is 3. The summed E-state index contributed by atoms with van der Waals surface area (Å²) in [7, 11) is 0. The van der Waals surface area contributed by atoms with Gasteiger partial charge in [-0.05, 0) is 38.4 Å². The molecule has 0 spiro atoms. The highest BCUT2D eigenvalue weighted by Gasteiger charge is 2.42. The molecule has 1 unspecified atom stereocenters. The third kappa shape index (κ3) is 2.41. The highest BCUT2D eigenvalue weighted by atomic mass is 16.4. The summed E-state index contributed by atoms with van der Waals surface area (Å²) in [6.07, 6.45) is 4.51. The Morgan fingerprint density at radius 1 is 1.06 bits per heavy atom. The maximum Gasteiger partial charge on any atom is 0.379 e. The Morgan fingerprint density at radius 2 is 1.61 bits per heavy atom. The first kappa shape index (κ1) is 13.1. The molecule has 1 aliphatic heterocycles. The summed E-state index contributed by atoms with van der Waals surface area (Å²) < 4.78 is 0. The van der Waals surface area contributed by atoms with Crippen LogP contribution in [0.5, 0.6) is 0 Å². The molecular weight excluding hydrogens is 226 g/mol. The van der Waals surface area contributed by atoms with Crippen LogP contribution in [0.15, 0.2) is 30.3 Å². The molecule has 0 amide bonds. The summed E-state index contributed by atoms with van der Waals surface area (Å²) in [4.78, 5) is 13.7. The molecule has 1 saturated heterocycles. The topological polar surface area (TPSA) is 40.2 Å². The van der Waals surface area contributed by atoms with E-state index in [1.807, 2.05) is 30.3 Å². The molecule has 1 heterocycles. The van der Waals surface area contributed by atoms with Gasteiger partial charge in [-0.3, -0.25) is 4.90 Å². The van der Waals surface area contributed by atoms with Crippen LogP contribution in [0, 0.1) is 0 Å². The maximum absolute atomic E-state index is 11.7. The Morgan fingerprint density at radius 3 is 2.11 bits per heavy atom. The molecule has 1 aliphatic rings. The Balaban J connectivity index is 2.34. The van der Waals surface area contributed by atoms with Gasteiger partial charge >= 0.3 is 5.97 Å². The van der Waals surface area contributed by atoms with Crippen molar-refractivity contribution in [3.05, 3.63) is 35.9 Å². The molecule has 1 radical (unpaired) electrons. The predicted octanol–water partition coefficient (Wildman–Crippen LogP) is 2.73. The molecule has 2 rings (SSSR count). The molecule has 0 N–H and O–H groups in total. The number of benzene rings is 1. The Labute approximate surface area is 108 Å². The lowest BCUT2D eigenvalue weighted by Gasteiger charge is -2.36. The minimum absolute atomic E-state index is 0.812. The zero-order chi connectivity index (χ0) is 13.0. The van der Waals surface area contributed by atoms with E-state index >= 15 is 0 Å². The largest absolute Gasteiger partial charge is 0.379 e. The monoisotopic (exact) mass is 246 g/mol. The van der Waals surface area contributed by atoms with Crippen LogP contribution >= 0.6 is 0 Å². The van der Waals surface area contributed by atoms with Crippen LogP contribution in [0.25, 0.3) is 0 Å². The van der Waals surface area contributed by atoms with Gasteiger partial charge in [-0.15, -0.1) is 0 Å². The standard InChI is InChI=1S/C15H20NO2/c1-15(14(17)18,13-9-5-4-6-10-13)16-11-7-2-3-8-12-16/h4-6,9-10H,2-3,7-8,11-12H2,1H3. The fourth-order valence-electron chi connectivity index (χ4n) is 2.71. The van der Waals surface area contributed by atoms with Crippen LogP contribution in [0.3, 0.4) is 0 Å². The second-order valence-electron chi connectivity index (χ2n) is 5.13. The highest BCUT2D eigenvalue weighted by Crippen LogP contribution is 2.31. The Kier molecular flexibility index (Phi) is 4.02. The van der Waals surface area contributed by atoms with Crippen molar-refractivity contribution >= 4 is 5.97 Å². The molecule has 0 saturated carbocycles. The Bertz CT molecular complexity index is 396. The van der Waals surface area contributed by atoms with E-state index in [1.165, 1.54) is 12.8 Å². The average molecular weight is 246 g/mol. The fourth-order valence-corrected chi connectivity index (χ4v) is 2.71. The second kappa shape index (κ2) is 5.53. The van der Waals surface area contributed by atoms with Crippen LogP contribution in [-0.4, -0.2) is 24.0 Å². The zero-order valence-electron chi connectivity index (χ0n) is 10.9. The average Bonchev–Trinajstić information content (AvgIpc) is 2.67. The summed E-state index contributed by atoms with van der Waals surface area (Å²) >= 11 is 0. The molecule has 1 fully saturated rings. The number of likely N-dealkylation sites (tertiary alicyclic amines) is 1. The van der Waals surface area contributed by atoms with Crippen molar-refractivity contribution < 1.29 is 9.90 Å². The second-order valence-corrected chi connectivity index (χ2v) is 5.13. The van der Waals surface area contributed by atoms with Gasteiger partial charge in [0, 0.05) is 0 Å². The van der Waals surface area contributed by atoms with Crippen molar-refractivity contribution in [2.75, 3.05) is 13.1 Å². The first-order valence-electron chi connectivity index (χ1n) is 6.67. The molecule has 1 atom stereocenters. The van der Waals surface area contributed by atoms with Crippen molar-refractivity contribution in [2.24, 2.45) is 0 Å². The van der Waals surface area contributed by atoms with Gasteiger partial charge in [0.25, 0.3) is 0 Å². The van der Waals surface area contributed by atoms with E-state index in [4.69, 9.17) is 0 Å². The zero-order valence-corrected chi connectivity index (χ0v) is 10.9. The van der Waals surface area contributed by atoms with Crippen molar-refractivity contribution in [3.8, 4) is 0 Å². The van der Waals surface area contributed by atoms with Gasteiger partial charge in [0.1, 0.15) is 5.54 Å². The van der Waals surface area contributed by atoms with Gasteiger partial charge in [-0.1, -0.05) is 43.2 Å². The molecule has 0 aromatic heterocycles. The van der Waals surface area contributed by atoms with Crippen molar-refractivity contribution in [2.45, 2.75) is 38.1 Å². The van der Waals surface area contributed by atoms with Gasteiger partial charge < -0.3 is 0 Å². The molecular formula is C15H20NO2. The number of carbonyl (C=O) groups excluding carboxylic acids is 1. The summed E-state index contributed by atoms with van der Waals surface area (Å²) in [5.74, 6) is -1.00. The first-order valence-corrected chi connectivity index (χ1v) is 6.67. The smallest absolute Gasteiger partial charge is 0.284 e. The van der Waals surface area contributed by atoms with E-state index in [1.54, 1.807) is 6.92 Å². The van der Waals surface area contributed by atoms with Gasteiger partial charge in [0.05, 0.1) is 0 Å². The molecule has 3 nitrogen and oxygen atoms in total. The SMILES string of the molecule is CC(C([O])=O)(c1ccccc1)N1CCCCCC1. The molecule has 97 valence electrons. The van der Waals surface area contributed by atoms with Crippen molar-refractivity contribution in [1.29, 1.82) is 0 Å². The molecule has 1 aromatic rings. The lowest BCUT2D eigenvalue weighted by molar-refractivity contribution is -0.158. The number of nitrogens with zero attached hydrogens (tertiary/aromatic N) is 1. The highest BCUT2D eigenvalue weighted by molar-refractivity contribution is 5.79. The summed E-state index contributed by atoms with van der Waals surface area (Å²) in [6, 6.07) is 9.42. The van der Waals surface area contributed by atoms with Gasteiger partial charge in [0.15, 0.2) is 0 Å². The minimum Gasteiger partial charge on any atom is -0.284 e. The molecule has 1 aromatic carbocycles. The summed E-state index contributed by atoms with van der Waals surface area (Å²) in [5, 5.41) is 11.7. The van der Waals surface area contributed by atoms with E-state index in [0.717, 1.165) is 31.5 Å². The van der Waals surface area contributed by atoms with E-state index in [-0.39, 0.29) is 0 Å². The van der Waals surface area contributed by atoms with Crippen molar-refractivity contribution in [1.82, 2.24) is 4.90 Å². The van der Waals surface area contributed by atoms with Gasteiger partial charge in [0.2, 0.25) is 0 Å². The van der Waals surface area contributed by atoms with Crippen LogP contribution in [0.2, 0.25) is 0 Å². The van der Waals surface area contributed by atoms with E-state index in [0.29, 0.717) is 0 Å². The van der Waals surface area contributed by atoms with E-state index in [2.05, 4.69) is 4.90 Å². The molecule has 0 aliphatic carbocycles. The third-order valence-electron chi connectivity index (χ3n) is 3.97. The first-order chi connectivity index (χ1) is 8.65. The fraction of sp³-hybridized carbons (Fsp3) is 0.533. The minimum atomic E-state index is -1.01. The quantitative estimate of drug-likeness (QED) is 0.822. The van der Waals surface area contributed by atoms with Gasteiger partial charge in [-0.25, -0.2) is 9.90 Å².